The SMILES string of the molecule is C=C(C)CC1CCCC1(C)C. The molecule has 1 saturated carbocycles. The highest BCUT2D eigenvalue weighted by Gasteiger charge is 2.33. The summed E-state index contributed by atoms with van der Waals surface area (Å²) in [5.74, 6) is 0.903. The third kappa shape index (κ3) is 2.08. The van der Waals surface area contributed by atoms with Crippen LogP contribution >= 0.6 is 0 Å². The van der Waals surface area contributed by atoms with E-state index in [1.807, 2.05) is 0 Å². The molecule has 0 saturated heterocycles. The first kappa shape index (κ1) is 8.83. The Morgan fingerprint density at radius 3 is 2.55 bits per heavy atom. The molecule has 0 radical (unpaired) electrons. The van der Waals surface area contributed by atoms with Gasteiger partial charge in [-0.25, -0.2) is 0 Å². The Morgan fingerprint density at radius 2 is 2.18 bits per heavy atom. The second-order valence-electron chi connectivity index (χ2n) is 4.74. The maximum atomic E-state index is 3.98. The highest BCUT2D eigenvalue weighted by Crippen LogP contribution is 2.45. The number of hydrogen-bond donors (Lipinski definition) is 0. The predicted molar refractivity (Wildman–Crippen MR) is 50.6 cm³/mol. The molecule has 1 aliphatic carbocycles. The van der Waals surface area contributed by atoms with E-state index in [0.29, 0.717) is 5.41 Å². The van der Waals surface area contributed by atoms with Crippen LogP contribution < -0.4 is 0 Å². The first-order valence-corrected chi connectivity index (χ1v) is 4.67. The second-order valence-corrected chi connectivity index (χ2v) is 4.74. The molecule has 11 heavy (non-hydrogen) atoms. The summed E-state index contributed by atoms with van der Waals surface area (Å²) in [7, 11) is 0. The smallest absolute Gasteiger partial charge is 0.0292 e. The Hall–Kier alpha value is -0.260. The summed E-state index contributed by atoms with van der Waals surface area (Å²) >= 11 is 0. The molecule has 1 fully saturated rings. The van der Waals surface area contributed by atoms with Gasteiger partial charge < -0.3 is 0 Å². The molecule has 1 unspecified atom stereocenters. The highest BCUT2D eigenvalue weighted by atomic mass is 14.4. The van der Waals surface area contributed by atoms with E-state index in [9.17, 15) is 0 Å². The summed E-state index contributed by atoms with van der Waals surface area (Å²) in [6.45, 7) is 10.9. The first-order chi connectivity index (χ1) is 5.02. The molecular weight excluding hydrogens is 132 g/mol. The van der Waals surface area contributed by atoms with Crippen LogP contribution in [0.1, 0.15) is 46.5 Å². The van der Waals surface area contributed by atoms with Crippen LogP contribution in [0.25, 0.3) is 0 Å². The zero-order valence-electron chi connectivity index (χ0n) is 8.11. The van der Waals surface area contributed by atoms with Crippen molar-refractivity contribution >= 4 is 0 Å². The molecule has 0 spiro atoms. The maximum absolute atomic E-state index is 3.98. The lowest BCUT2D eigenvalue weighted by atomic mass is 9.79. The Morgan fingerprint density at radius 1 is 1.55 bits per heavy atom. The molecule has 0 aromatic rings. The van der Waals surface area contributed by atoms with E-state index in [2.05, 4.69) is 27.4 Å². The van der Waals surface area contributed by atoms with Gasteiger partial charge in [0.05, 0.1) is 0 Å². The molecule has 0 heterocycles. The Kier molecular flexibility index (Phi) is 2.41. The standard InChI is InChI=1S/C11H20/c1-9(2)8-10-6-5-7-11(10,3)4/h10H,1,5-8H2,2-4H3. The van der Waals surface area contributed by atoms with Crippen molar-refractivity contribution in [2.24, 2.45) is 11.3 Å². The fourth-order valence-corrected chi connectivity index (χ4v) is 2.20. The number of allylic oxidation sites excluding steroid dienone is 1. The molecule has 0 aromatic carbocycles. The van der Waals surface area contributed by atoms with Crippen LogP contribution in [0.15, 0.2) is 12.2 Å². The quantitative estimate of drug-likeness (QED) is 0.528. The van der Waals surface area contributed by atoms with Crippen LogP contribution in [0.3, 0.4) is 0 Å². The molecule has 0 N–H and O–H groups in total. The topological polar surface area (TPSA) is 0 Å². The lowest BCUT2D eigenvalue weighted by molar-refractivity contribution is 0.258. The molecule has 0 nitrogen and oxygen atoms in total. The lowest BCUT2D eigenvalue weighted by Crippen LogP contribution is -2.17. The normalized spacial score (nSPS) is 28.8. The molecule has 64 valence electrons. The predicted octanol–water partition coefficient (Wildman–Crippen LogP) is 3.78. The first-order valence-electron chi connectivity index (χ1n) is 4.67. The zero-order valence-corrected chi connectivity index (χ0v) is 8.11. The Bertz CT molecular complexity index is 153. The third-order valence-corrected chi connectivity index (χ3v) is 3.07. The van der Waals surface area contributed by atoms with Crippen molar-refractivity contribution < 1.29 is 0 Å². The highest BCUT2D eigenvalue weighted by molar-refractivity contribution is 4.96. The van der Waals surface area contributed by atoms with Gasteiger partial charge in [-0.3, -0.25) is 0 Å². The van der Waals surface area contributed by atoms with E-state index >= 15 is 0 Å². The van der Waals surface area contributed by atoms with Gasteiger partial charge in [0, 0.05) is 0 Å². The van der Waals surface area contributed by atoms with Gasteiger partial charge in [-0.2, -0.15) is 0 Å². The van der Waals surface area contributed by atoms with E-state index in [4.69, 9.17) is 0 Å². The molecule has 0 bridgehead atoms. The fourth-order valence-electron chi connectivity index (χ4n) is 2.20. The maximum Gasteiger partial charge on any atom is -0.0292 e. The van der Waals surface area contributed by atoms with Gasteiger partial charge in [0.15, 0.2) is 0 Å². The minimum Gasteiger partial charge on any atom is -0.100 e. The van der Waals surface area contributed by atoms with Gasteiger partial charge in [0.25, 0.3) is 0 Å². The molecule has 0 aromatic heterocycles. The summed E-state index contributed by atoms with van der Waals surface area (Å²) < 4.78 is 0. The van der Waals surface area contributed by atoms with Crippen molar-refractivity contribution in [3.05, 3.63) is 12.2 Å². The van der Waals surface area contributed by atoms with Crippen LogP contribution in [0.4, 0.5) is 0 Å². The van der Waals surface area contributed by atoms with Crippen molar-refractivity contribution in [3.63, 3.8) is 0 Å². The van der Waals surface area contributed by atoms with Crippen molar-refractivity contribution in [2.45, 2.75) is 46.5 Å². The van der Waals surface area contributed by atoms with Gasteiger partial charge in [-0.05, 0) is 37.5 Å². The van der Waals surface area contributed by atoms with E-state index in [1.54, 1.807) is 0 Å². The molecule has 1 atom stereocenters. The minimum atomic E-state index is 0.582. The van der Waals surface area contributed by atoms with Gasteiger partial charge in [-0.1, -0.05) is 25.8 Å². The van der Waals surface area contributed by atoms with Crippen LogP contribution in [0, 0.1) is 11.3 Å². The summed E-state index contributed by atoms with van der Waals surface area (Å²) in [4.78, 5) is 0. The van der Waals surface area contributed by atoms with E-state index < -0.39 is 0 Å². The third-order valence-electron chi connectivity index (χ3n) is 3.07. The van der Waals surface area contributed by atoms with Crippen molar-refractivity contribution in [1.29, 1.82) is 0 Å². The summed E-state index contributed by atoms with van der Waals surface area (Å²) in [6, 6.07) is 0. The summed E-state index contributed by atoms with van der Waals surface area (Å²) in [6.07, 6.45) is 5.49. The summed E-state index contributed by atoms with van der Waals surface area (Å²) in [5, 5.41) is 0. The molecular formula is C11H20. The second kappa shape index (κ2) is 3.00. The van der Waals surface area contributed by atoms with Gasteiger partial charge in [-0.15, -0.1) is 6.58 Å². The van der Waals surface area contributed by atoms with Gasteiger partial charge >= 0.3 is 0 Å². The number of rotatable bonds is 2. The monoisotopic (exact) mass is 152 g/mol. The number of hydrogen-bond acceptors (Lipinski definition) is 0. The van der Waals surface area contributed by atoms with Crippen LogP contribution in [0.5, 0.6) is 0 Å². The van der Waals surface area contributed by atoms with Gasteiger partial charge in [0.1, 0.15) is 0 Å². The average Bonchev–Trinajstić information content (AvgIpc) is 2.10. The molecule has 0 amide bonds. The lowest BCUT2D eigenvalue weighted by Gasteiger charge is -2.26. The van der Waals surface area contributed by atoms with E-state index in [1.165, 1.54) is 31.3 Å². The Balaban J connectivity index is 2.51. The Labute approximate surface area is 70.7 Å². The van der Waals surface area contributed by atoms with Gasteiger partial charge in [0.2, 0.25) is 0 Å². The van der Waals surface area contributed by atoms with Crippen molar-refractivity contribution in [2.75, 3.05) is 0 Å². The van der Waals surface area contributed by atoms with E-state index in [0.717, 1.165) is 5.92 Å². The fraction of sp³-hybridized carbons (Fsp3) is 0.818. The van der Waals surface area contributed by atoms with E-state index in [-0.39, 0.29) is 0 Å². The zero-order chi connectivity index (χ0) is 8.48. The summed E-state index contributed by atoms with van der Waals surface area (Å²) in [5.41, 5.74) is 1.93. The van der Waals surface area contributed by atoms with Crippen molar-refractivity contribution in [1.82, 2.24) is 0 Å². The molecule has 1 aliphatic rings. The van der Waals surface area contributed by atoms with Crippen LogP contribution in [-0.4, -0.2) is 0 Å². The van der Waals surface area contributed by atoms with Crippen LogP contribution in [-0.2, 0) is 0 Å². The average molecular weight is 152 g/mol. The van der Waals surface area contributed by atoms with Crippen LogP contribution in [0.2, 0.25) is 0 Å². The van der Waals surface area contributed by atoms with Crippen molar-refractivity contribution in [3.8, 4) is 0 Å². The molecule has 0 aliphatic heterocycles. The molecule has 0 heteroatoms. The largest absolute Gasteiger partial charge is 0.100 e. The minimum absolute atomic E-state index is 0.582. The molecule has 1 rings (SSSR count).